The molecule has 0 amide bonds. The Bertz CT molecular complexity index is 464. The Morgan fingerprint density at radius 3 is 2.09 bits per heavy atom. The first-order chi connectivity index (χ1) is 10.3. The average molecular weight is 306 g/mol. The zero-order valence-corrected chi connectivity index (χ0v) is 13.8. The van der Waals surface area contributed by atoms with Crippen molar-refractivity contribution in [2.24, 2.45) is 16.7 Å². The van der Waals surface area contributed by atoms with Gasteiger partial charge in [0.2, 0.25) is 0 Å². The highest BCUT2D eigenvalue weighted by Gasteiger charge is 2.45. The zero-order valence-electron chi connectivity index (χ0n) is 13.8. The van der Waals surface area contributed by atoms with E-state index in [1.807, 2.05) is 0 Å². The van der Waals surface area contributed by atoms with E-state index in [2.05, 4.69) is 45.1 Å². The maximum Gasteiger partial charge on any atom is 0.317 e. The highest BCUT2D eigenvalue weighted by Crippen LogP contribution is 2.52. The van der Waals surface area contributed by atoms with Gasteiger partial charge in [-0.25, -0.2) is 0 Å². The van der Waals surface area contributed by atoms with E-state index < -0.39 is 11.9 Å². The van der Waals surface area contributed by atoms with Crippen molar-refractivity contribution in [1.82, 2.24) is 0 Å². The van der Waals surface area contributed by atoms with Crippen molar-refractivity contribution < 1.29 is 19.1 Å². The second-order valence-electron chi connectivity index (χ2n) is 7.17. The minimum Gasteiger partial charge on any atom is -0.465 e. The number of rotatable bonds is 1. The van der Waals surface area contributed by atoms with Crippen LogP contribution in [-0.2, 0) is 19.1 Å². The first-order valence-electron chi connectivity index (χ1n) is 8.01. The lowest BCUT2D eigenvalue weighted by Gasteiger charge is -2.49. The molecule has 0 N–H and O–H groups in total. The number of hydrogen-bond acceptors (Lipinski definition) is 4. The Hall–Kier alpha value is -1.58. The molecule has 1 heterocycles. The van der Waals surface area contributed by atoms with E-state index in [1.165, 1.54) is 0 Å². The second kappa shape index (κ2) is 6.67. The molecular weight excluding hydrogens is 280 g/mol. The molecule has 22 heavy (non-hydrogen) atoms. The topological polar surface area (TPSA) is 52.6 Å². The molecule has 1 fully saturated rings. The first-order valence-corrected chi connectivity index (χ1v) is 8.01. The molecule has 0 aromatic rings. The molecule has 122 valence electrons. The highest BCUT2D eigenvalue weighted by molar-refractivity contribution is 5.91. The largest absolute Gasteiger partial charge is 0.465 e. The molecule has 1 saturated heterocycles. The summed E-state index contributed by atoms with van der Waals surface area (Å²) in [4.78, 5) is 23.0. The van der Waals surface area contributed by atoms with Crippen LogP contribution >= 0.6 is 0 Å². The van der Waals surface area contributed by atoms with Crippen molar-refractivity contribution in [1.29, 1.82) is 0 Å². The van der Waals surface area contributed by atoms with Gasteiger partial charge in [-0.15, -0.1) is 0 Å². The molecule has 0 spiro atoms. The van der Waals surface area contributed by atoms with E-state index in [-0.39, 0.29) is 17.3 Å². The van der Waals surface area contributed by atoms with Crippen molar-refractivity contribution >= 4 is 11.9 Å². The maximum absolute atomic E-state index is 11.5. The van der Waals surface area contributed by atoms with Crippen LogP contribution in [0, 0.1) is 16.7 Å². The van der Waals surface area contributed by atoms with Gasteiger partial charge in [0, 0.05) is 0 Å². The summed E-state index contributed by atoms with van der Waals surface area (Å²) in [5.41, 5.74) is 0.0524. The Morgan fingerprint density at radius 2 is 1.64 bits per heavy atom. The number of esters is 2. The molecule has 2 aliphatic rings. The van der Waals surface area contributed by atoms with Crippen LogP contribution in [0.2, 0.25) is 0 Å². The lowest BCUT2D eigenvalue weighted by atomic mass is 9.55. The lowest BCUT2D eigenvalue weighted by Crippen LogP contribution is -2.42. The third-order valence-electron chi connectivity index (χ3n) is 4.97. The number of ether oxygens (including phenoxy) is 2. The van der Waals surface area contributed by atoms with Crippen molar-refractivity contribution in [2.45, 2.75) is 46.5 Å². The Balaban J connectivity index is 2.21. The van der Waals surface area contributed by atoms with Gasteiger partial charge in [0.25, 0.3) is 0 Å². The maximum atomic E-state index is 11.5. The molecule has 0 aromatic heterocycles. The van der Waals surface area contributed by atoms with Crippen molar-refractivity contribution in [2.75, 3.05) is 13.2 Å². The quantitative estimate of drug-likeness (QED) is 0.550. The first kappa shape index (κ1) is 16.8. The van der Waals surface area contributed by atoms with Crippen LogP contribution in [0.15, 0.2) is 24.3 Å². The number of allylic oxidation sites excluding steroid dienone is 4. The summed E-state index contributed by atoms with van der Waals surface area (Å²) >= 11 is 0. The third-order valence-corrected chi connectivity index (χ3v) is 4.97. The Kier molecular flexibility index (Phi) is 5.09. The van der Waals surface area contributed by atoms with Gasteiger partial charge in [-0.2, -0.15) is 0 Å². The summed E-state index contributed by atoms with van der Waals surface area (Å²) in [7, 11) is 0. The highest BCUT2D eigenvalue weighted by atomic mass is 16.6. The molecule has 0 bridgehead atoms. The third kappa shape index (κ3) is 3.60. The predicted octanol–water partition coefficient (Wildman–Crippen LogP) is 3.42. The molecule has 1 aliphatic heterocycles. The van der Waals surface area contributed by atoms with Gasteiger partial charge < -0.3 is 9.47 Å². The normalized spacial score (nSPS) is 28.1. The van der Waals surface area contributed by atoms with Gasteiger partial charge >= 0.3 is 11.9 Å². The minimum atomic E-state index is -0.491. The fraction of sp³-hybridized carbons (Fsp3) is 0.667. The van der Waals surface area contributed by atoms with Crippen LogP contribution in [0.4, 0.5) is 0 Å². The van der Waals surface area contributed by atoms with E-state index in [0.717, 1.165) is 19.3 Å². The Morgan fingerprint density at radius 1 is 1.05 bits per heavy atom. The molecule has 0 radical (unpaired) electrons. The molecule has 4 heteroatoms. The zero-order chi connectivity index (χ0) is 16.2. The number of hydrogen-bond donors (Lipinski definition) is 0. The van der Waals surface area contributed by atoms with E-state index >= 15 is 0 Å². The van der Waals surface area contributed by atoms with E-state index in [4.69, 9.17) is 9.47 Å². The van der Waals surface area contributed by atoms with Gasteiger partial charge in [0.15, 0.2) is 0 Å². The smallest absolute Gasteiger partial charge is 0.317 e. The molecule has 0 saturated carbocycles. The summed E-state index contributed by atoms with van der Waals surface area (Å²) in [6, 6.07) is 0. The summed E-state index contributed by atoms with van der Waals surface area (Å²) in [5, 5.41) is 0. The summed E-state index contributed by atoms with van der Waals surface area (Å²) in [6.07, 6.45) is 10.9. The average Bonchev–Trinajstić information content (AvgIpc) is 2.45. The monoisotopic (exact) mass is 306 g/mol. The van der Waals surface area contributed by atoms with Crippen LogP contribution in [0.1, 0.15) is 46.5 Å². The molecular formula is C18H26O4. The predicted molar refractivity (Wildman–Crippen MR) is 84.0 cm³/mol. The van der Waals surface area contributed by atoms with Gasteiger partial charge in [0.05, 0.1) is 13.2 Å². The number of carbonyl (C=O) groups excluding carboxylic acids is 2. The van der Waals surface area contributed by atoms with Crippen LogP contribution in [0.25, 0.3) is 0 Å². The van der Waals surface area contributed by atoms with Crippen LogP contribution in [0.5, 0.6) is 0 Å². The van der Waals surface area contributed by atoms with Crippen LogP contribution in [0.3, 0.4) is 0 Å². The fourth-order valence-corrected chi connectivity index (χ4v) is 3.62. The molecule has 4 nitrogen and oxygen atoms in total. The number of carbonyl (C=O) groups is 2. The molecule has 1 unspecified atom stereocenters. The van der Waals surface area contributed by atoms with Crippen LogP contribution in [-0.4, -0.2) is 25.2 Å². The van der Waals surface area contributed by atoms with E-state index in [9.17, 15) is 9.59 Å². The summed E-state index contributed by atoms with van der Waals surface area (Å²) < 4.78 is 10.4. The van der Waals surface area contributed by atoms with Crippen molar-refractivity contribution in [3.8, 4) is 0 Å². The molecule has 2 rings (SSSR count). The minimum absolute atomic E-state index is 0.0141. The van der Waals surface area contributed by atoms with Gasteiger partial charge in [-0.3, -0.25) is 9.59 Å². The fourth-order valence-electron chi connectivity index (χ4n) is 3.62. The van der Waals surface area contributed by atoms with Gasteiger partial charge in [-0.05, 0) is 36.0 Å². The SMILES string of the molecule is CC(C)(C)C1(C2CCOC(=O)CC(=O)OCC2)C=CC=CC1. The molecule has 1 aliphatic carbocycles. The van der Waals surface area contributed by atoms with Gasteiger partial charge in [-0.1, -0.05) is 45.1 Å². The van der Waals surface area contributed by atoms with E-state index in [0.29, 0.717) is 19.1 Å². The Labute approximate surface area is 132 Å². The number of cyclic esters (lactones) is 2. The summed E-state index contributed by atoms with van der Waals surface area (Å²) in [5.74, 6) is -0.684. The van der Waals surface area contributed by atoms with Crippen LogP contribution < -0.4 is 0 Å². The summed E-state index contributed by atoms with van der Waals surface area (Å²) in [6.45, 7) is 7.46. The van der Waals surface area contributed by atoms with Gasteiger partial charge in [0.1, 0.15) is 6.42 Å². The van der Waals surface area contributed by atoms with E-state index in [1.54, 1.807) is 0 Å². The van der Waals surface area contributed by atoms with Crippen molar-refractivity contribution in [3.05, 3.63) is 24.3 Å². The molecule has 1 atom stereocenters. The molecule has 0 aromatic carbocycles. The lowest BCUT2D eigenvalue weighted by molar-refractivity contribution is -0.156. The van der Waals surface area contributed by atoms with Crippen molar-refractivity contribution in [3.63, 3.8) is 0 Å². The standard InChI is InChI=1S/C18H26O4/c1-17(2,3)18(9-5-4-6-10-18)14-7-11-21-15(19)13-16(20)22-12-8-14/h4-6,9,14H,7-8,10-13H2,1-3H3. The second-order valence-corrected chi connectivity index (χ2v) is 7.17.